The van der Waals surface area contributed by atoms with Crippen LogP contribution in [0.4, 0.5) is 0 Å². The first-order chi connectivity index (χ1) is 10.0. The summed E-state index contributed by atoms with van der Waals surface area (Å²) >= 11 is 0. The molecule has 0 radical (unpaired) electrons. The first-order valence-electron chi connectivity index (χ1n) is 7.28. The molecule has 3 N–H and O–H groups in total. The summed E-state index contributed by atoms with van der Waals surface area (Å²) in [6, 6.07) is 5.27. The van der Waals surface area contributed by atoms with Crippen LogP contribution in [-0.4, -0.2) is 26.2 Å². The molecule has 118 valence electrons. The molecule has 1 rings (SSSR count). The number of benzene rings is 1. The molecule has 21 heavy (non-hydrogen) atoms. The van der Waals surface area contributed by atoms with E-state index in [1.807, 2.05) is 25.1 Å². The Labute approximate surface area is 126 Å². The molecular formula is C16H26N2O3. The van der Waals surface area contributed by atoms with Crippen molar-refractivity contribution in [1.29, 1.82) is 0 Å². The van der Waals surface area contributed by atoms with Crippen molar-refractivity contribution in [3.05, 3.63) is 23.8 Å². The Morgan fingerprint density at radius 1 is 1.33 bits per heavy atom. The number of ether oxygens (including phenoxy) is 2. The van der Waals surface area contributed by atoms with Gasteiger partial charge in [0.2, 0.25) is 5.91 Å². The average molecular weight is 294 g/mol. The van der Waals surface area contributed by atoms with Gasteiger partial charge in [0.1, 0.15) is 11.5 Å². The number of nitrogens with two attached hydrogens (primary N) is 1. The van der Waals surface area contributed by atoms with Gasteiger partial charge in [0.15, 0.2) is 0 Å². The average Bonchev–Trinajstić information content (AvgIpc) is 2.46. The molecule has 0 saturated heterocycles. The van der Waals surface area contributed by atoms with E-state index in [1.165, 1.54) is 0 Å². The van der Waals surface area contributed by atoms with Crippen LogP contribution in [0.15, 0.2) is 18.2 Å². The molecule has 1 aromatic rings. The lowest BCUT2D eigenvalue weighted by Gasteiger charge is -2.19. The minimum absolute atomic E-state index is 0.0478. The minimum atomic E-state index is -0.170. The van der Waals surface area contributed by atoms with Gasteiger partial charge in [0, 0.05) is 18.0 Å². The zero-order valence-electron chi connectivity index (χ0n) is 13.3. The molecule has 1 amide bonds. The first kappa shape index (κ1) is 17.3. The fraction of sp³-hybridized carbons (Fsp3) is 0.562. The fourth-order valence-electron chi connectivity index (χ4n) is 2.27. The molecular weight excluding hydrogens is 268 g/mol. The number of nitrogens with one attached hydrogen (secondary N) is 1. The van der Waals surface area contributed by atoms with Crippen molar-refractivity contribution in [2.45, 2.75) is 45.2 Å². The molecule has 0 heterocycles. The Bertz CT molecular complexity index is 463. The lowest BCUT2D eigenvalue weighted by molar-refractivity contribution is -0.122. The highest BCUT2D eigenvalue weighted by Crippen LogP contribution is 2.29. The monoisotopic (exact) mass is 294 g/mol. The SMILES string of the molecule is CCCC(N)CC(=O)NC(C)c1cc(OC)ccc1OC. The number of hydrogen-bond donors (Lipinski definition) is 2. The summed E-state index contributed by atoms with van der Waals surface area (Å²) in [6.45, 7) is 3.97. The third-order valence-electron chi connectivity index (χ3n) is 3.39. The van der Waals surface area contributed by atoms with Gasteiger partial charge in [-0.2, -0.15) is 0 Å². The zero-order valence-corrected chi connectivity index (χ0v) is 13.3. The Kier molecular flexibility index (Phi) is 7.02. The molecule has 0 aliphatic heterocycles. The molecule has 0 bridgehead atoms. The maximum atomic E-state index is 12.0. The zero-order chi connectivity index (χ0) is 15.8. The summed E-state index contributed by atoms with van der Waals surface area (Å²) in [4.78, 5) is 12.0. The Hall–Kier alpha value is -1.75. The minimum Gasteiger partial charge on any atom is -0.497 e. The lowest BCUT2D eigenvalue weighted by Crippen LogP contribution is -2.33. The predicted octanol–water partition coefficient (Wildman–Crippen LogP) is 2.40. The summed E-state index contributed by atoms with van der Waals surface area (Å²) in [5.41, 5.74) is 6.78. The highest BCUT2D eigenvalue weighted by Gasteiger charge is 2.16. The van der Waals surface area contributed by atoms with Gasteiger partial charge in [-0.1, -0.05) is 13.3 Å². The second-order valence-corrected chi connectivity index (χ2v) is 5.15. The van der Waals surface area contributed by atoms with Crippen LogP contribution in [-0.2, 0) is 4.79 Å². The maximum Gasteiger partial charge on any atom is 0.222 e. The van der Waals surface area contributed by atoms with Gasteiger partial charge >= 0.3 is 0 Å². The predicted molar refractivity (Wildman–Crippen MR) is 83.6 cm³/mol. The molecule has 0 aliphatic rings. The number of hydrogen-bond acceptors (Lipinski definition) is 4. The van der Waals surface area contributed by atoms with Crippen LogP contribution in [0.25, 0.3) is 0 Å². The third kappa shape index (κ3) is 5.27. The molecule has 0 saturated carbocycles. The van der Waals surface area contributed by atoms with Gasteiger partial charge in [-0.25, -0.2) is 0 Å². The van der Waals surface area contributed by atoms with E-state index >= 15 is 0 Å². The van der Waals surface area contributed by atoms with E-state index in [9.17, 15) is 4.79 Å². The molecule has 2 unspecified atom stereocenters. The van der Waals surface area contributed by atoms with Gasteiger partial charge in [0.25, 0.3) is 0 Å². The molecule has 5 heteroatoms. The van der Waals surface area contributed by atoms with Crippen molar-refractivity contribution < 1.29 is 14.3 Å². The van der Waals surface area contributed by atoms with E-state index < -0.39 is 0 Å². The quantitative estimate of drug-likeness (QED) is 0.772. The Balaban J connectivity index is 2.74. The number of carbonyl (C=O) groups excluding carboxylic acids is 1. The Morgan fingerprint density at radius 2 is 2.05 bits per heavy atom. The second kappa shape index (κ2) is 8.52. The summed E-state index contributed by atoms with van der Waals surface area (Å²) in [5.74, 6) is 1.41. The highest BCUT2D eigenvalue weighted by atomic mass is 16.5. The van der Waals surface area contributed by atoms with Crippen LogP contribution < -0.4 is 20.5 Å². The number of amides is 1. The van der Waals surface area contributed by atoms with Crippen molar-refractivity contribution in [2.75, 3.05) is 14.2 Å². The van der Waals surface area contributed by atoms with E-state index in [0.717, 1.165) is 29.9 Å². The smallest absolute Gasteiger partial charge is 0.222 e. The molecule has 2 atom stereocenters. The van der Waals surface area contributed by atoms with E-state index in [2.05, 4.69) is 12.2 Å². The van der Waals surface area contributed by atoms with Crippen LogP contribution in [0.5, 0.6) is 11.5 Å². The van der Waals surface area contributed by atoms with Gasteiger partial charge in [-0.05, 0) is 31.5 Å². The van der Waals surface area contributed by atoms with Crippen molar-refractivity contribution in [1.82, 2.24) is 5.32 Å². The lowest BCUT2D eigenvalue weighted by atomic mass is 10.1. The number of rotatable bonds is 8. The van der Waals surface area contributed by atoms with Gasteiger partial charge < -0.3 is 20.5 Å². The van der Waals surface area contributed by atoms with Crippen molar-refractivity contribution in [2.24, 2.45) is 5.73 Å². The van der Waals surface area contributed by atoms with Crippen molar-refractivity contribution in [3.8, 4) is 11.5 Å². The largest absolute Gasteiger partial charge is 0.497 e. The standard InChI is InChI=1S/C16H26N2O3/c1-5-6-12(17)9-16(19)18-11(2)14-10-13(20-3)7-8-15(14)21-4/h7-8,10-12H,5-6,9,17H2,1-4H3,(H,18,19). The van der Waals surface area contributed by atoms with E-state index in [-0.39, 0.29) is 18.0 Å². The summed E-state index contributed by atoms with van der Waals surface area (Å²) in [7, 11) is 3.22. The fourth-order valence-corrected chi connectivity index (χ4v) is 2.27. The maximum absolute atomic E-state index is 12.0. The number of carbonyl (C=O) groups is 1. The van der Waals surface area contributed by atoms with Crippen molar-refractivity contribution >= 4 is 5.91 Å². The molecule has 0 aliphatic carbocycles. The Morgan fingerprint density at radius 3 is 2.62 bits per heavy atom. The molecule has 0 aromatic heterocycles. The van der Waals surface area contributed by atoms with Crippen LogP contribution in [0.3, 0.4) is 0 Å². The molecule has 1 aromatic carbocycles. The van der Waals surface area contributed by atoms with Crippen LogP contribution in [0.1, 0.15) is 44.7 Å². The summed E-state index contributed by atoms with van der Waals surface area (Å²) in [6.07, 6.45) is 2.17. The first-order valence-corrected chi connectivity index (χ1v) is 7.28. The van der Waals surface area contributed by atoms with Crippen LogP contribution >= 0.6 is 0 Å². The normalized spacial score (nSPS) is 13.4. The van der Waals surface area contributed by atoms with E-state index in [4.69, 9.17) is 15.2 Å². The third-order valence-corrected chi connectivity index (χ3v) is 3.39. The van der Waals surface area contributed by atoms with Crippen LogP contribution in [0.2, 0.25) is 0 Å². The highest BCUT2D eigenvalue weighted by molar-refractivity contribution is 5.77. The second-order valence-electron chi connectivity index (χ2n) is 5.15. The summed E-state index contributed by atoms with van der Waals surface area (Å²) in [5, 5.41) is 2.96. The van der Waals surface area contributed by atoms with Gasteiger partial charge in [-0.3, -0.25) is 4.79 Å². The van der Waals surface area contributed by atoms with E-state index in [1.54, 1.807) is 14.2 Å². The van der Waals surface area contributed by atoms with Gasteiger partial charge in [-0.15, -0.1) is 0 Å². The van der Waals surface area contributed by atoms with Crippen molar-refractivity contribution in [3.63, 3.8) is 0 Å². The molecule has 5 nitrogen and oxygen atoms in total. The van der Waals surface area contributed by atoms with Crippen LogP contribution in [0, 0.1) is 0 Å². The summed E-state index contributed by atoms with van der Waals surface area (Å²) < 4.78 is 10.6. The van der Waals surface area contributed by atoms with E-state index in [0.29, 0.717) is 6.42 Å². The topological polar surface area (TPSA) is 73.6 Å². The van der Waals surface area contributed by atoms with Gasteiger partial charge in [0.05, 0.1) is 20.3 Å². The molecule has 0 spiro atoms. The number of methoxy groups -OCH3 is 2. The molecule has 0 fully saturated rings.